The summed E-state index contributed by atoms with van der Waals surface area (Å²) in [7, 11) is 3.21. The minimum absolute atomic E-state index is 0.167. The number of benzene rings is 2. The van der Waals surface area contributed by atoms with E-state index >= 15 is 0 Å². The number of amides is 2. The third-order valence-electron chi connectivity index (χ3n) is 5.12. The van der Waals surface area contributed by atoms with Crippen LogP contribution < -0.4 is 14.8 Å². The van der Waals surface area contributed by atoms with Crippen LogP contribution in [0.2, 0.25) is 5.02 Å². The summed E-state index contributed by atoms with van der Waals surface area (Å²) in [6.45, 7) is 1.32. The number of rotatable bonds is 4. The highest BCUT2D eigenvalue weighted by atomic mass is 35.5. The predicted octanol–water partition coefficient (Wildman–Crippen LogP) is 4.80. The highest BCUT2D eigenvalue weighted by Crippen LogP contribution is 2.37. The average Bonchev–Trinajstić information content (AvgIpc) is 3.23. The molecule has 2 amide bonds. The normalized spacial score (nSPS) is 15.6. The molecule has 150 valence electrons. The molecule has 0 saturated carbocycles. The third kappa shape index (κ3) is 3.76. The zero-order valence-electron chi connectivity index (χ0n) is 16.3. The second-order valence-corrected chi connectivity index (χ2v) is 7.21. The summed E-state index contributed by atoms with van der Waals surface area (Å²) >= 11 is 5.95. The molecule has 4 rings (SSSR count). The van der Waals surface area contributed by atoms with E-state index in [-0.39, 0.29) is 12.1 Å². The minimum Gasteiger partial charge on any atom is -0.493 e. The van der Waals surface area contributed by atoms with E-state index in [9.17, 15) is 4.79 Å². The van der Waals surface area contributed by atoms with Crippen molar-refractivity contribution < 1.29 is 14.3 Å². The first-order valence-electron chi connectivity index (χ1n) is 9.31. The number of hydrogen-bond donors (Lipinski definition) is 1. The van der Waals surface area contributed by atoms with Gasteiger partial charge in [-0.25, -0.2) is 4.79 Å². The van der Waals surface area contributed by atoms with Crippen LogP contribution in [-0.2, 0) is 6.54 Å². The number of anilines is 1. The number of nitrogens with zero attached hydrogens (tertiary/aromatic N) is 2. The molecule has 7 heteroatoms. The molecule has 2 aromatic carbocycles. The molecule has 0 fully saturated rings. The fourth-order valence-corrected chi connectivity index (χ4v) is 3.83. The highest BCUT2D eigenvalue weighted by molar-refractivity contribution is 6.30. The van der Waals surface area contributed by atoms with Crippen molar-refractivity contribution in [2.45, 2.75) is 12.6 Å². The second-order valence-electron chi connectivity index (χ2n) is 6.77. The van der Waals surface area contributed by atoms with Gasteiger partial charge < -0.3 is 24.3 Å². The lowest BCUT2D eigenvalue weighted by Crippen LogP contribution is -2.44. The molecule has 0 spiro atoms. The summed E-state index contributed by atoms with van der Waals surface area (Å²) in [6, 6.07) is 16.5. The molecule has 0 bridgehead atoms. The highest BCUT2D eigenvalue weighted by Gasteiger charge is 2.32. The monoisotopic (exact) mass is 411 g/mol. The number of fused-ring (bicyclic) bond motifs is 1. The smallest absolute Gasteiger partial charge is 0.322 e. The zero-order chi connectivity index (χ0) is 20.4. The quantitative estimate of drug-likeness (QED) is 0.671. The number of carbonyl (C=O) groups is 1. The second kappa shape index (κ2) is 8.09. The summed E-state index contributed by atoms with van der Waals surface area (Å²) in [5, 5.41) is 3.60. The van der Waals surface area contributed by atoms with E-state index < -0.39 is 0 Å². The van der Waals surface area contributed by atoms with Gasteiger partial charge in [-0.1, -0.05) is 17.7 Å². The van der Waals surface area contributed by atoms with E-state index in [0.29, 0.717) is 28.8 Å². The van der Waals surface area contributed by atoms with Crippen LogP contribution in [0.4, 0.5) is 10.5 Å². The Morgan fingerprint density at radius 2 is 1.79 bits per heavy atom. The van der Waals surface area contributed by atoms with Gasteiger partial charge in [0.05, 0.1) is 20.3 Å². The molecular formula is C22H22ClN3O3. The Balaban J connectivity index is 1.69. The van der Waals surface area contributed by atoms with Crippen LogP contribution in [0.1, 0.15) is 17.3 Å². The lowest BCUT2D eigenvalue weighted by atomic mass is 9.99. The molecule has 29 heavy (non-hydrogen) atoms. The fraction of sp³-hybridized carbons (Fsp3) is 0.227. The Bertz CT molecular complexity index is 1020. The van der Waals surface area contributed by atoms with Gasteiger partial charge in [0.1, 0.15) is 0 Å². The van der Waals surface area contributed by atoms with Crippen molar-refractivity contribution in [3.8, 4) is 11.5 Å². The van der Waals surface area contributed by atoms with Crippen LogP contribution in [0.25, 0.3) is 0 Å². The number of nitrogens with one attached hydrogen (secondary N) is 1. The topological polar surface area (TPSA) is 55.7 Å². The van der Waals surface area contributed by atoms with E-state index in [2.05, 4.69) is 9.88 Å². The summed E-state index contributed by atoms with van der Waals surface area (Å²) < 4.78 is 13.0. The number of halogens is 1. The molecule has 1 atom stereocenters. The van der Waals surface area contributed by atoms with Crippen molar-refractivity contribution in [2.75, 3.05) is 26.1 Å². The lowest BCUT2D eigenvalue weighted by Gasteiger charge is -2.37. The first-order valence-corrected chi connectivity index (χ1v) is 9.68. The number of methoxy groups -OCH3 is 2. The molecule has 0 saturated heterocycles. The SMILES string of the molecule is COc1ccc(C2c3cccn3CCN2C(=O)Nc2ccc(Cl)cc2)cc1OC. The molecule has 2 heterocycles. The Hall–Kier alpha value is -3.12. The van der Waals surface area contributed by atoms with Gasteiger partial charge in [-0.05, 0) is 54.1 Å². The van der Waals surface area contributed by atoms with E-state index in [4.69, 9.17) is 21.1 Å². The summed E-state index contributed by atoms with van der Waals surface area (Å²) in [6.07, 6.45) is 2.04. The number of urea groups is 1. The first-order chi connectivity index (χ1) is 14.1. The van der Waals surface area contributed by atoms with Crippen molar-refractivity contribution in [3.05, 3.63) is 77.1 Å². The first kappa shape index (κ1) is 19.2. The van der Waals surface area contributed by atoms with Gasteiger partial charge in [-0.15, -0.1) is 0 Å². The van der Waals surface area contributed by atoms with Crippen molar-refractivity contribution >= 4 is 23.3 Å². The van der Waals surface area contributed by atoms with E-state index in [1.807, 2.05) is 41.4 Å². The van der Waals surface area contributed by atoms with E-state index in [0.717, 1.165) is 17.8 Å². The third-order valence-corrected chi connectivity index (χ3v) is 5.37. The summed E-state index contributed by atoms with van der Waals surface area (Å²) in [5.41, 5.74) is 2.70. The largest absolute Gasteiger partial charge is 0.493 e. The molecule has 3 aromatic rings. The lowest BCUT2D eigenvalue weighted by molar-refractivity contribution is 0.181. The number of ether oxygens (including phenoxy) is 2. The molecule has 1 N–H and O–H groups in total. The van der Waals surface area contributed by atoms with Gasteiger partial charge in [0.15, 0.2) is 11.5 Å². The minimum atomic E-state index is -0.245. The number of carbonyl (C=O) groups excluding carboxylic acids is 1. The standard InChI is InChI=1S/C22H22ClN3O3/c1-28-19-10-5-15(14-20(19)29-2)21-18-4-3-11-25(18)12-13-26(21)22(27)24-17-8-6-16(23)7-9-17/h3-11,14,21H,12-13H2,1-2H3,(H,24,27). The molecule has 6 nitrogen and oxygen atoms in total. The Morgan fingerprint density at radius 3 is 2.52 bits per heavy atom. The molecule has 1 aromatic heterocycles. The van der Waals surface area contributed by atoms with Gasteiger partial charge in [0.25, 0.3) is 0 Å². The van der Waals surface area contributed by atoms with Gasteiger partial charge >= 0.3 is 6.03 Å². The molecule has 1 unspecified atom stereocenters. The molecule has 1 aliphatic rings. The maximum Gasteiger partial charge on any atom is 0.322 e. The Kier molecular flexibility index (Phi) is 5.36. The molecular weight excluding hydrogens is 390 g/mol. The van der Waals surface area contributed by atoms with E-state index in [1.165, 1.54) is 0 Å². The van der Waals surface area contributed by atoms with Gasteiger partial charge in [0, 0.05) is 35.7 Å². The van der Waals surface area contributed by atoms with Gasteiger partial charge in [0.2, 0.25) is 0 Å². The zero-order valence-corrected chi connectivity index (χ0v) is 17.0. The van der Waals surface area contributed by atoms with Crippen LogP contribution >= 0.6 is 11.6 Å². The van der Waals surface area contributed by atoms with Crippen LogP contribution in [0.5, 0.6) is 11.5 Å². The number of aromatic nitrogens is 1. The molecule has 0 radical (unpaired) electrons. The van der Waals surface area contributed by atoms with Crippen LogP contribution in [0.3, 0.4) is 0 Å². The Labute approximate surface area is 174 Å². The predicted molar refractivity (Wildman–Crippen MR) is 113 cm³/mol. The van der Waals surface area contributed by atoms with Crippen LogP contribution in [-0.4, -0.2) is 36.3 Å². The average molecular weight is 412 g/mol. The van der Waals surface area contributed by atoms with Crippen molar-refractivity contribution in [3.63, 3.8) is 0 Å². The molecule has 0 aliphatic carbocycles. The Morgan fingerprint density at radius 1 is 1.03 bits per heavy atom. The van der Waals surface area contributed by atoms with Crippen molar-refractivity contribution in [1.29, 1.82) is 0 Å². The maximum atomic E-state index is 13.2. The summed E-state index contributed by atoms with van der Waals surface area (Å²) in [5.74, 6) is 1.28. The van der Waals surface area contributed by atoms with E-state index in [1.54, 1.807) is 38.5 Å². The van der Waals surface area contributed by atoms with Crippen molar-refractivity contribution in [1.82, 2.24) is 9.47 Å². The summed E-state index contributed by atoms with van der Waals surface area (Å²) in [4.78, 5) is 15.0. The van der Waals surface area contributed by atoms with Crippen LogP contribution in [0, 0.1) is 0 Å². The van der Waals surface area contributed by atoms with Crippen molar-refractivity contribution in [2.24, 2.45) is 0 Å². The fourth-order valence-electron chi connectivity index (χ4n) is 3.70. The van der Waals surface area contributed by atoms with Crippen LogP contribution in [0.15, 0.2) is 60.8 Å². The van der Waals surface area contributed by atoms with Gasteiger partial charge in [-0.3, -0.25) is 0 Å². The number of hydrogen-bond acceptors (Lipinski definition) is 3. The maximum absolute atomic E-state index is 13.2. The molecule has 1 aliphatic heterocycles. The van der Waals surface area contributed by atoms with Gasteiger partial charge in [-0.2, -0.15) is 0 Å².